The second-order valence-corrected chi connectivity index (χ2v) is 5.86. The van der Waals surface area contributed by atoms with Crippen LogP contribution in [0.15, 0.2) is 35.0 Å². The Morgan fingerprint density at radius 3 is 2.86 bits per heavy atom. The van der Waals surface area contributed by atoms with Crippen LogP contribution in [0.1, 0.15) is 27.9 Å². The first kappa shape index (κ1) is 13.8. The number of carboxylic acids is 1. The third kappa shape index (κ3) is 2.83. The summed E-state index contributed by atoms with van der Waals surface area (Å²) in [4.78, 5) is 25.0. The van der Waals surface area contributed by atoms with Crippen LogP contribution < -0.4 is 4.90 Å². The molecule has 1 aliphatic rings. The number of anilines is 1. The maximum Gasteiger partial charge on any atom is 0.335 e. The highest BCUT2D eigenvalue weighted by Crippen LogP contribution is 2.29. The van der Waals surface area contributed by atoms with E-state index in [0.29, 0.717) is 19.4 Å². The Labute approximate surface area is 126 Å². The van der Waals surface area contributed by atoms with Crippen molar-refractivity contribution in [2.75, 3.05) is 11.4 Å². The molecule has 1 aromatic carbocycles. The quantitative estimate of drug-likeness (QED) is 0.944. The Hall–Kier alpha value is -2.14. The summed E-state index contributed by atoms with van der Waals surface area (Å²) < 4.78 is 0. The van der Waals surface area contributed by atoms with Gasteiger partial charge in [-0.1, -0.05) is 0 Å². The van der Waals surface area contributed by atoms with Gasteiger partial charge in [0.2, 0.25) is 5.91 Å². The standard InChI is InChI=1S/C16H15NO3S/c18-15-4-2-12-9-13(16(19)20)1-3-14(12)17(15)7-5-11-6-8-21-10-11/h1,3,6,8-10H,2,4-5,7H2,(H,19,20). The number of amides is 1. The average molecular weight is 301 g/mol. The van der Waals surface area contributed by atoms with Gasteiger partial charge >= 0.3 is 5.97 Å². The van der Waals surface area contributed by atoms with Crippen molar-refractivity contribution in [2.24, 2.45) is 0 Å². The lowest BCUT2D eigenvalue weighted by Crippen LogP contribution is -2.36. The third-order valence-corrected chi connectivity index (χ3v) is 4.46. The molecule has 2 aromatic rings. The van der Waals surface area contributed by atoms with Crippen LogP contribution in [0.4, 0.5) is 5.69 Å². The first-order valence-corrected chi connectivity index (χ1v) is 7.77. The predicted molar refractivity (Wildman–Crippen MR) is 82.1 cm³/mol. The Balaban J connectivity index is 1.84. The molecule has 1 amide bonds. The van der Waals surface area contributed by atoms with Gasteiger partial charge in [0.15, 0.2) is 0 Å². The summed E-state index contributed by atoms with van der Waals surface area (Å²) in [6.45, 7) is 0.634. The molecule has 1 aromatic heterocycles. The SMILES string of the molecule is O=C(O)c1ccc2c(c1)CCC(=O)N2CCc1ccsc1. The molecule has 0 saturated heterocycles. The summed E-state index contributed by atoms with van der Waals surface area (Å²) in [6, 6.07) is 7.07. The van der Waals surface area contributed by atoms with Gasteiger partial charge in [-0.3, -0.25) is 4.79 Å². The fourth-order valence-electron chi connectivity index (χ4n) is 2.61. The van der Waals surface area contributed by atoms with E-state index in [0.717, 1.165) is 17.7 Å². The van der Waals surface area contributed by atoms with Gasteiger partial charge in [-0.2, -0.15) is 11.3 Å². The Bertz CT molecular complexity index is 679. The number of rotatable bonds is 4. The molecule has 1 N–H and O–H groups in total. The largest absolute Gasteiger partial charge is 0.478 e. The lowest BCUT2D eigenvalue weighted by molar-refractivity contribution is -0.118. The maximum absolute atomic E-state index is 12.1. The monoisotopic (exact) mass is 301 g/mol. The van der Waals surface area contributed by atoms with Gasteiger partial charge in [0.1, 0.15) is 0 Å². The molecule has 2 heterocycles. The minimum absolute atomic E-state index is 0.112. The van der Waals surface area contributed by atoms with Crippen molar-refractivity contribution in [1.29, 1.82) is 0 Å². The topological polar surface area (TPSA) is 57.6 Å². The number of carboxylic acid groups (broad SMARTS) is 1. The molecule has 1 aliphatic heterocycles. The molecule has 0 radical (unpaired) electrons. The first-order valence-electron chi connectivity index (χ1n) is 6.83. The van der Waals surface area contributed by atoms with Gasteiger partial charge in [0.05, 0.1) is 5.56 Å². The van der Waals surface area contributed by atoms with E-state index < -0.39 is 5.97 Å². The molecule has 0 bridgehead atoms. The van der Waals surface area contributed by atoms with Gasteiger partial charge in [0.25, 0.3) is 0 Å². The minimum Gasteiger partial charge on any atom is -0.478 e. The minimum atomic E-state index is -0.931. The van der Waals surface area contributed by atoms with Crippen LogP contribution in [0.5, 0.6) is 0 Å². The molecule has 0 spiro atoms. The molecule has 0 unspecified atom stereocenters. The summed E-state index contributed by atoms with van der Waals surface area (Å²) in [5, 5.41) is 13.2. The molecular weight excluding hydrogens is 286 g/mol. The van der Waals surface area contributed by atoms with Crippen molar-refractivity contribution in [3.63, 3.8) is 0 Å². The number of aromatic carboxylic acids is 1. The fraction of sp³-hybridized carbons (Fsp3) is 0.250. The molecule has 3 rings (SSSR count). The number of thiophene rings is 1. The third-order valence-electron chi connectivity index (χ3n) is 3.73. The zero-order valence-corrected chi connectivity index (χ0v) is 12.2. The van der Waals surface area contributed by atoms with E-state index in [1.54, 1.807) is 34.4 Å². The van der Waals surface area contributed by atoms with Crippen LogP contribution in [0.2, 0.25) is 0 Å². The highest BCUT2D eigenvalue weighted by atomic mass is 32.1. The van der Waals surface area contributed by atoms with E-state index in [1.165, 1.54) is 5.56 Å². The van der Waals surface area contributed by atoms with Crippen molar-refractivity contribution in [1.82, 2.24) is 0 Å². The van der Waals surface area contributed by atoms with E-state index in [4.69, 9.17) is 5.11 Å². The van der Waals surface area contributed by atoms with Gasteiger partial charge in [0, 0.05) is 18.7 Å². The number of benzene rings is 1. The van der Waals surface area contributed by atoms with Gasteiger partial charge in [-0.05, 0) is 59.0 Å². The first-order chi connectivity index (χ1) is 10.1. The van der Waals surface area contributed by atoms with Crippen LogP contribution >= 0.6 is 11.3 Å². The van der Waals surface area contributed by atoms with Crippen LogP contribution in [0, 0.1) is 0 Å². The molecule has 0 saturated carbocycles. The Kier molecular flexibility index (Phi) is 3.75. The highest BCUT2D eigenvalue weighted by molar-refractivity contribution is 7.07. The van der Waals surface area contributed by atoms with Crippen molar-refractivity contribution in [3.8, 4) is 0 Å². The number of aryl methyl sites for hydroxylation is 1. The predicted octanol–water partition coefficient (Wildman–Crippen LogP) is 2.97. The average Bonchev–Trinajstić information content (AvgIpc) is 2.99. The summed E-state index contributed by atoms with van der Waals surface area (Å²) >= 11 is 1.65. The lowest BCUT2D eigenvalue weighted by Gasteiger charge is -2.29. The molecule has 21 heavy (non-hydrogen) atoms. The van der Waals surface area contributed by atoms with Gasteiger partial charge in [-0.25, -0.2) is 4.79 Å². The van der Waals surface area contributed by atoms with Gasteiger partial charge < -0.3 is 10.0 Å². The smallest absolute Gasteiger partial charge is 0.335 e. The van der Waals surface area contributed by atoms with Crippen LogP contribution in [0.25, 0.3) is 0 Å². The molecule has 108 valence electrons. The molecule has 0 aliphatic carbocycles. The number of fused-ring (bicyclic) bond motifs is 1. The van der Waals surface area contributed by atoms with Crippen molar-refractivity contribution in [2.45, 2.75) is 19.3 Å². The number of hydrogen-bond donors (Lipinski definition) is 1. The van der Waals surface area contributed by atoms with E-state index in [9.17, 15) is 9.59 Å². The fourth-order valence-corrected chi connectivity index (χ4v) is 3.32. The zero-order chi connectivity index (χ0) is 14.8. The Morgan fingerprint density at radius 1 is 1.29 bits per heavy atom. The van der Waals surface area contributed by atoms with E-state index >= 15 is 0 Å². The zero-order valence-electron chi connectivity index (χ0n) is 11.4. The van der Waals surface area contributed by atoms with Crippen molar-refractivity contribution in [3.05, 3.63) is 51.7 Å². The normalized spacial score (nSPS) is 14.1. The molecular formula is C16H15NO3S. The van der Waals surface area contributed by atoms with Crippen molar-refractivity contribution < 1.29 is 14.7 Å². The summed E-state index contributed by atoms with van der Waals surface area (Å²) in [5.74, 6) is -0.819. The molecule has 4 nitrogen and oxygen atoms in total. The van der Waals surface area contributed by atoms with Gasteiger partial charge in [-0.15, -0.1) is 0 Å². The summed E-state index contributed by atoms with van der Waals surface area (Å²) in [7, 11) is 0. The number of carbonyl (C=O) groups excluding carboxylic acids is 1. The summed E-state index contributed by atoms with van der Waals surface area (Å²) in [5.41, 5.74) is 3.30. The second-order valence-electron chi connectivity index (χ2n) is 5.08. The van der Waals surface area contributed by atoms with E-state index in [2.05, 4.69) is 11.4 Å². The number of nitrogens with zero attached hydrogens (tertiary/aromatic N) is 1. The molecule has 5 heteroatoms. The molecule has 0 fully saturated rings. The highest BCUT2D eigenvalue weighted by Gasteiger charge is 2.24. The summed E-state index contributed by atoms with van der Waals surface area (Å²) in [6.07, 6.45) is 1.87. The second kappa shape index (κ2) is 5.69. The maximum atomic E-state index is 12.1. The van der Waals surface area contributed by atoms with E-state index in [1.807, 2.05) is 5.38 Å². The molecule has 0 atom stereocenters. The number of carbonyl (C=O) groups is 2. The van der Waals surface area contributed by atoms with Crippen LogP contribution in [-0.2, 0) is 17.6 Å². The van der Waals surface area contributed by atoms with Crippen molar-refractivity contribution >= 4 is 28.9 Å². The Morgan fingerprint density at radius 2 is 2.14 bits per heavy atom. The van der Waals surface area contributed by atoms with Crippen LogP contribution in [-0.4, -0.2) is 23.5 Å². The van der Waals surface area contributed by atoms with E-state index in [-0.39, 0.29) is 11.5 Å². The lowest BCUT2D eigenvalue weighted by atomic mass is 9.98. The van der Waals surface area contributed by atoms with Crippen LogP contribution in [0.3, 0.4) is 0 Å². The number of hydrogen-bond acceptors (Lipinski definition) is 3.